The summed E-state index contributed by atoms with van der Waals surface area (Å²) in [7, 11) is 0. The number of hydrogen-bond acceptors (Lipinski definition) is 3. The van der Waals surface area contributed by atoms with E-state index in [0.717, 1.165) is 19.0 Å². The first-order valence-electron chi connectivity index (χ1n) is 7.66. The van der Waals surface area contributed by atoms with Crippen molar-refractivity contribution in [3.63, 3.8) is 0 Å². The number of anilines is 1. The van der Waals surface area contributed by atoms with E-state index in [9.17, 15) is 0 Å². The van der Waals surface area contributed by atoms with E-state index in [1.54, 1.807) is 0 Å². The van der Waals surface area contributed by atoms with Gasteiger partial charge in [0.25, 0.3) is 0 Å². The monoisotopic (exact) mass is 264 g/mol. The summed E-state index contributed by atoms with van der Waals surface area (Å²) in [6, 6.07) is 0.482. The molecule has 4 heteroatoms. The van der Waals surface area contributed by atoms with Crippen LogP contribution in [0.15, 0.2) is 12.4 Å². The first-order valence-corrected chi connectivity index (χ1v) is 7.66. The Balaban J connectivity index is 1.90. The fourth-order valence-electron chi connectivity index (χ4n) is 2.70. The van der Waals surface area contributed by atoms with Crippen LogP contribution in [-0.2, 0) is 0 Å². The molecule has 0 radical (unpaired) electrons. The number of likely N-dealkylation sites (tertiary alicyclic amines) is 1. The van der Waals surface area contributed by atoms with Gasteiger partial charge in [0, 0.05) is 31.5 Å². The second-order valence-electron chi connectivity index (χ2n) is 6.14. The van der Waals surface area contributed by atoms with E-state index in [1.807, 2.05) is 6.20 Å². The number of nitrogens with zero attached hydrogens (tertiary/aromatic N) is 3. The minimum absolute atomic E-state index is 0.482. The van der Waals surface area contributed by atoms with E-state index in [-0.39, 0.29) is 0 Å². The first kappa shape index (κ1) is 14.4. The first-order chi connectivity index (χ1) is 9.16. The van der Waals surface area contributed by atoms with Gasteiger partial charge < -0.3 is 14.8 Å². The van der Waals surface area contributed by atoms with Crippen LogP contribution in [0.5, 0.6) is 0 Å². The molecular formula is C15H28N4. The standard InChI is InChI=1S/C15H28N4/c1-13(2)11-17-15-16-7-10-19(15)14(3)12-18-8-5-4-6-9-18/h7,10,13-14H,4-6,8-9,11-12H2,1-3H3,(H,16,17). The lowest BCUT2D eigenvalue weighted by Crippen LogP contribution is -2.34. The van der Waals surface area contributed by atoms with Crippen LogP contribution in [0.1, 0.15) is 46.1 Å². The maximum atomic E-state index is 4.44. The molecule has 0 aromatic carbocycles. The summed E-state index contributed by atoms with van der Waals surface area (Å²) in [5.41, 5.74) is 0. The molecule has 1 atom stereocenters. The molecule has 2 heterocycles. The SMILES string of the molecule is CC(C)CNc1nccn1C(C)CN1CCCCC1. The fraction of sp³-hybridized carbons (Fsp3) is 0.800. The van der Waals surface area contributed by atoms with Crippen LogP contribution >= 0.6 is 0 Å². The average molecular weight is 264 g/mol. The number of aromatic nitrogens is 2. The second kappa shape index (κ2) is 6.94. The lowest BCUT2D eigenvalue weighted by molar-refractivity contribution is 0.202. The Bertz CT molecular complexity index is 366. The van der Waals surface area contributed by atoms with E-state index in [4.69, 9.17) is 0 Å². The van der Waals surface area contributed by atoms with Gasteiger partial charge >= 0.3 is 0 Å². The third-order valence-electron chi connectivity index (χ3n) is 3.78. The van der Waals surface area contributed by atoms with Crippen LogP contribution in [-0.4, -0.2) is 40.6 Å². The van der Waals surface area contributed by atoms with E-state index in [1.165, 1.54) is 32.4 Å². The van der Waals surface area contributed by atoms with Crippen molar-refractivity contribution in [2.45, 2.75) is 46.1 Å². The molecule has 0 amide bonds. The highest BCUT2D eigenvalue weighted by atomic mass is 15.2. The molecule has 1 saturated heterocycles. The molecule has 1 fully saturated rings. The van der Waals surface area contributed by atoms with E-state index in [0.29, 0.717) is 12.0 Å². The van der Waals surface area contributed by atoms with Gasteiger partial charge in [-0.3, -0.25) is 0 Å². The Morgan fingerprint density at radius 1 is 1.21 bits per heavy atom. The van der Waals surface area contributed by atoms with Crippen LogP contribution in [0.2, 0.25) is 0 Å². The van der Waals surface area contributed by atoms with Crippen molar-refractivity contribution in [1.82, 2.24) is 14.5 Å². The second-order valence-corrected chi connectivity index (χ2v) is 6.14. The van der Waals surface area contributed by atoms with Crippen molar-refractivity contribution in [1.29, 1.82) is 0 Å². The summed E-state index contributed by atoms with van der Waals surface area (Å²) in [6.07, 6.45) is 8.11. The maximum absolute atomic E-state index is 4.44. The summed E-state index contributed by atoms with van der Waals surface area (Å²) in [4.78, 5) is 7.02. The van der Waals surface area contributed by atoms with Crippen molar-refractivity contribution in [3.05, 3.63) is 12.4 Å². The van der Waals surface area contributed by atoms with E-state index >= 15 is 0 Å². The lowest BCUT2D eigenvalue weighted by Gasteiger charge is -2.30. The molecule has 1 N–H and O–H groups in total. The van der Waals surface area contributed by atoms with Gasteiger partial charge in [-0.2, -0.15) is 0 Å². The number of nitrogens with one attached hydrogen (secondary N) is 1. The molecule has 1 unspecified atom stereocenters. The third-order valence-corrected chi connectivity index (χ3v) is 3.78. The summed E-state index contributed by atoms with van der Waals surface area (Å²) in [6.45, 7) is 11.4. The zero-order chi connectivity index (χ0) is 13.7. The van der Waals surface area contributed by atoms with Gasteiger partial charge in [0.2, 0.25) is 5.95 Å². The molecule has 19 heavy (non-hydrogen) atoms. The largest absolute Gasteiger partial charge is 0.355 e. The highest BCUT2D eigenvalue weighted by Gasteiger charge is 2.16. The Morgan fingerprint density at radius 3 is 2.63 bits per heavy atom. The van der Waals surface area contributed by atoms with E-state index in [2.05, 4.69) is 46.7 Å². The molecule has 0 spiro atoms. The smallest absolute Gasteiger partial charge is 0.203 e. The topological polar surface area (TPSA) is 33.1 Å². The van der Waals surface area contributed by atoms with Gasteiger partial charge in [-0.05, 0) is 38.8 Å². The fourth-order valence-corrected chi connectivity index (χ4v) is 2.70. The van der Waals surface area contributed by atoms with Crippen LogP contribution < -0.4 is 5.32 Å². The molecule has 2 rings (SSSR count). The molecule has 1 aromatic rings. The Morgan fingerprint density at radius 2 is 1.95 bits per heavy atom. The van der Waals surface area contributed by atoms with Crippen molar-refractivity contribution < 1.29 is 0 Å². The predicted molar refractivity (Wildman–Crippen MR) is 80.6 cm³/mol. The Hall–Kier alpha value is -1.03. The molecule has 0 bridgehead atoms. The summed E-state index contributed by atoms with van der Waals surface area (Å²) in [5, 5.41) is 3.44. The number of hydrogen-bond donors (Lipinski definition) is 1. The van der Waals surface area contributed by atoms with Crippen LogP contribution in [0.4, 0.5) is 5.95 Å². The molecule has 4 nitrogen and oxygen atoms in total. The third kappa shape index (κ3) is 4.23. The zero-order valence-corrected chi connectivity index (χ0v) is 12.6. The number of rotatable bonds is 6. The van der Waals surface area contributed by atoms with Crippen molar-refractivity contribution in [2.75, 3.05) is 31.5 Å². The molecule has 1 aliphatic heterocycles. The quantitative estimate of drug-likeness (QED) is 0.857. The van der Waals surface area contributed by atoms with Crippen LogP contribution in [0.25, 0.3) is 0 Å². The number of piperidine rings is 1. The van der Waals surface area contributed by atoms with Gasteiger partial charge in [0.1, 0.15) is 0 Å². The van der Waals surface area contributed by atoms with Crippen molar-refractivity contribution in [2.24, 2.45) is 5.92 Å². The van der Waals surface area contributed by atoms with Crippen LogP contribution in [0, 0.1) is 5.92 Å². The normalized spacial score (nSPS) is 18.7. The highest BCUT2D eigenvalue weighted by Crippen LogP contribution is 2.17. The molecule has 1 aromatic heterocycles. The van der Waals surface area contributed by atoms with Gasteiger partial charge in [-0.25, -0.2) is 4.98 Å². The average Bonchev–Trinajstić information content (AvgIpc) is 2.86. The van der Waals surface area contributed by atoms with Gasteiger partial charge in [0.05, 0.1) is 0 Å². The maximum Gasteiger partial charge on any atom is 0.203 e. The predicted octanol–water partition coefficient (Wildman–Crippen LogP) is 3.00. The summed E-state index contributed by atoms with van der Waals surface area (Å²) < 4.78 is 2.27. The lowest BCUT2D eigenvalue weighted by atomic mass is 10.1. The molecule has 108 valence electrons. The number of imidazole rings is 1. The summed E-state index contributed by atoms with van der Waals surface area (Å²) >= 11 is 0. The zero-order valence-electron chi connectivity index (χ0n) is 12.6. The molecule has 1 aliphatic rings. The molecule has 0 aliphatic carbocycles. The van der Waals surface area contributed by atoms with Crippen molar-refractivity contribution in [3.8, 4) is 0 Å². The summed E-state index contributed by atoms with van der Waals surface area (Å²) in [5.74, 6) is 1.65. The van der Waals surface area contributed by atoms with E-state index < -0.39 is 0 Å². The highest BCUT2D eigenvalue weighted by molar-refractivity contribution is 5.26. The Kier molecular flexibility index (Phi) is 5.25. The van der Waals surface area contributed by atoms with Gasteiger partial charge in [0.15, 0.2) is 0 Å². The minimum atomic E-state index is 0.482. The van der Waals surface area contributed by atoms with Crippen molar-refractivity contribution >= 4 is 5.95 Å². The Labute approximate surface area is 117 Å². The van der Waals surface area contributed by atoms with Gasteiger partial charge in [-0.15, -0.1) is 0 Å². The van der Waals surface area contributed by atoms with Crippen LogP contribution in [0.3, 0.4) is 0 Å². The molecule has 0 saturated carbocycles. The minimum Gasteiger partial charge on any atom is -0.355 e. The molecular weight excluding hydrogens is 236 g/mol. The van der Waals surface area contributed by atoms with Gasteiger partial charge in [-0.1, -0.05) is 20.3 Å².